The van der Waals surface area contributed by atoms with Crippen LogP contribution in [0.2, 0.25) is 0 Å². The first-order valence-electron chi connectivity index (χ1n) is 9.12. The second-order valence-electron chi connectivity index (χ2n) is 6.41. The highest BCUT2D eigenvalue weighted by Crippen LogP contribution is 2.24. The normalized spacial score (nSPS) is 13.7. The lowest BCUT2D eigenvalue weighted by Gasteiger charge is -2.18. The molecule has 0 radical (unpaired) electrons. The Morgan fingerprint density at radius 2 is 1.88 bits per heavy atom. The molecule has 1 saturated heterocycles. The van der Waals surface area contributed by atoms with Crippen molar-refractivity contribution in [1.29, 1.82) is 0 Å². The zero-order valence-corrected chi connectivity index (χ0v) is 14.8. The highest BCUT2D eigenvalue weighted by atomic mass is 16.1. The average molecular weight is 338 g/mol. The number of amides is 1. The van der Waals surface area contributed by atoms with Gasteiger partial charge in [-0.15, -0.1) is 0 Å². The number of pyridine rings is 1. The summed E-state index contributed by atoms with van der Waals surface area (Å²) in [5, 5.41) is 6.24. The number of aromatic nitrogens is 1. The van der Waals surface area contributed by atoms with Crippen LogP contribution in [0.3, 0.4) is 0 Å². The molecule has 25 heavy (non-hydrogen) atoms. The number of anilines is 3. The molecule has 1 fully saturated rings. The van der Waals surface area contributed by atoms with Gasteiger partial charge >= 0.3 is 0 Å². The molecule has 132 valence electrons. The Balaban J connectivity index is 1.62. The standard InChI is InChI=1S/C20H26N4O/c1-2-3-11-22-20(25)19-15-17(10-12-21-19)23-16-6-8-18(9-7-16)24-13-4-5-14-24/h6-10,12,15H,2-5,11,13-14H2,1H3,(H,21,23)(H,22,25). The molecule has 0 bridgehead atoms. The van der Waals surface area contributed by atoms with Crippen LogP contribution in [0.15, 0.2) is 42.6 Å². The van der Waals surface area contributed by atoms with Crippen molar-refractivity contribution >= 4 is 23.0 Å². The molecule has 1 amide bonds. The first-order valence-corrected chi connectivity index (χ1v) is 9.12. The fraction of sp³-hybridized carbons (Fsp3) is 0.400. The van der Waals surface area contributed by atoms with Crippen LogP contribution in [0, 0.1) is 0 Å². The maximum absolute atomic E-state index is 12.1. The van der Waals surface area contributed by atoms with Crippen molar-refractivity contribution in [2.24, 2.45) is 0 Å². The zero-order valence-electron chi connectivity index (χ0n) is 14.8. The smallest absolute Gasteiger partial charge is 0.269 e. The number of carbonyl (C=O) groups is 1. The number of nitrogens with zero attached hydrogens (tertiary/aromatic N) is 2. The van der Waals surface area contributed by atoms with Crippen LogP contribution in [0.25, 0.3) is 0 Å². The van der Waals surface area contributed by atoms with E-state index in [0.29, 0.717) is 12.2 Å². The second kappa shape index (κ2) is 8.51. The molecule has 0 atom stereocenters. The topological polar surface area (TPSA) is 57.3 Å². The maximum atomic E-state index is 12.1. The lowest BCUT2D eigenvalue weighted by atomic mass is 10.2. The van der Waals surface area contributed by atoms with Gasteiger partial charge in [0.1, 0.15) is 5.69 Å². The average Bonchev–Trinajstić information content (AvgIpc) is 3.17. The van der Waals surface area contributed by atoms with Crippen molar-refractivity contribution in [2.75, 3.05) is 29.9 Å². The van der Waals surface area contributed by atoms with E-state index in [-0.39, 0.29) is 5.91 Å². The third-order valence-corrected chi connectivity index (χ3v) is 4.44. The van der Waals surface area contributed by atoms with Crippen LogP contribution in [-0.4, -0.2) is 30.5 Å². The minimum Gasteiger partial charge on any atom is -0.372 e. The fourth-order valence-corrected chi connectivity index (χ4v) is 3.00. The van der Waals surface area contributed by atoms with Gasteiger partial charge in [0.05, 0.1) is 0 Å². The summed E-state index contributed by atoms with van der Waals surface area (Å²) in [6, 6.07) is 12.1. The van der Waals surface area contributed by atoms with Crippen LogP contribution in [0.1, 0.15) is 43.1 Å². The van der Waals surface area contributed by atoms with Crippen molar-refractivity contribution < 1.29 is 4.79 Å². The Kier molecular flexibility index (Phi) is 5.88. The van der Waals surface area contributed by atoms with Crippen LogP contribution in [0.4, 0.5) is 17.1 Å². The molecule has 1 aromatic heterocycles. The predicted molar refractivity (Wildman–Crippen MR) is 103 cm³/mol. The van der Waals surface area contributed by atoms with Gasteiger partial charge in [0.25, 0.3) is 5.91 Å². The number of nitrogens with one attached hydrogen (secondary N) is 2. The quantitative estimate of drug-likeness (QED) is 0.751. The third-order valence-electron chi connectivity index (χ3n) is 4.44. The minimum atomic E-state index is -0.124. The monoisotopic (exact) mass is 338 g/mol. The number of hydrogen-bond acceptors (Lipinski definition) is 4. The molecule has 3 rings (SSSR count). The lowest BCUT2D eigenvalue weighted by molar-refractivity contribution is 0.0948. The summed E-state index contributed by atoms with van der Waals surface area (Å²) in [5.74, 6) is -0.124. The molecule has 5 nitrogen and oxygen atoms in total. The third kappa shape index (κ3) is 4.72. The van der Waals surface area contributed by atoms with Crippen LogP contribution < -0.4 is 15.5 Å². The van der Waals surface area contributed by atoms with Gasteiger partial charge in [-0.05, 0) is 55.7 Å². The Labute approximate surface area is 149 Å². The number of hydrogen-bond donors (Lipinski definition) is 2. The van der Waals surface area contributed by atoms with Gasteiger partial charge in [-0.1, -0.05) is 13.3 Å². The van der Waals surface area contributed by atoms with E-state index < -0.39 is 0 Å². The Hall–Kier alpha value is -2.56. The van der Waals surface area contributed by atoms with E-state index in [1.165, 1.54) is 18.5 Å². The summed E-state index contributed by atoms with van der Waals surface area (Å²) in [6.45, 7) is 5.08. The molecule has 2 N–H and O–H groups in total. The SMILES string of the molecule is CCCCNC(=O)c1cc(Nc2ccc(N3CCCC3)cc2)ccn1. The summed E-state index contributed by atoms with van der Waals surface area (Å²) < 4.78 is 0. The molecule has 0 unspecified atom stereocenters. The Morgan fingerprint density at radius 1 is 1.12 bits per heavy atom. The molecular weight excluding hydrogens is 312 g/mol. The van der Waals surface area contributed by atoms with Crippen molar-refractivity contribution in [3.63, 3.8) is 0 Å². The van der Waals surface area contributed by atoms with Crippen molar-refractivity contribution in [2.45, 2.75) is 32.6 Å². The van der Waals surface area contributed by atoms with E-state index >= 15 is 0 Å². The maximum Gasteiger partial charge on any atom is 0.269 e. The summed E-state index contributed by atoms with van der Waals surface area (Å²) in [5.41, 5.74) is 3.58. The lowest BCUT2D eigenvalue weighted by Crippen LogP contribution is -2.25. The molecular formula is C20H26N4O. The summed E-state index contributed by atoms with van der Waals surface area (Å²) in [7, 11) is 0. The molecule has 1 aromatic carbocycles. The number of unbranched alkanes of at least 4 members (excludes halogenated alkanes) is 1. The largest absolute Gasteiger partial charge is 0.372 e. The van der Waals surface area contributed by atoms with Crippen molar-refractivity contribution in [1.82, 2.24) is 10.3 Å². The zero-order chi connectivity index (χ0) is 17.5. The van der Waals surface area contributed by atoms with Gasteiger partial charge in [-0.25, -0.2) is 0 Å². The van der Waals surface area contributed by atoms with Crippen LogP contribution in [0.5, 0.6) is 0 Å². The molecule has 1 aliphatic rings. The molecule has 2 aromatic rings. The number of carbonyl (C=O) groups excluding carboxylic acids is 1. The predicted octanol–water partition coefficient (Wildman–Crippen LogP) is 3.96. The molecule has 5 heteroatoms. The van der Waals surface area contributed by atoms with E-state index in [4.69, 9.17) is 0 Å². The van der Waals surface area contributed by atoms with E-state index in [1.807, 2.05) is 6.07 Å². The molecule has 0 saturated carbocycles. The molecule has 2 heterocycles. The highest BCUT2D eigenvalue weighted by molar-refractivity contribution is 5.93. The van der Waals surface area contributed by atoms with E-state index in [9.17, 15) is 4.79 Å². The summed E-state index contributed by atoms with van der Waals surface area (Å²) in [4.78, 5) is 18.7. The highest BCUT2D eigenvalue weighted by Gasteiger charge is 2.12. The Bertz CT molecular complexity index is 693. The molecule has 1 aliphatic heterocycles. The van der Waals surface area contributed by atoms with Gasteiger partial charge in [0.15, 0.2) is 0 Å². The number of benzene rings is 1. The second-order valence-corrected chi connectivity index (χ2v) is 6.41. The Morgan fingerprint density at radius 3 is 2.60 bits per heavy atom. The van der Waals surface area contributed by atoms with Crippen LogP contribution >= 0.6 is 0 Å². The van der Waals surface area contributed by atoms with Gasteiger partial charge < -0.3 is 15.5 Å². The molecule has 0 aliphatic carbocycles. The van der Waals surface area contributed by atoms with Gasteiger partial charge in [-0.2, -0.15) is 0 Å². The van der Waals surface area contributed by atoms with E-state index in [0.717, 1.165) is 37.3 Å². The van der Waals surface area contributed by atoms with Crippen molar-refractivity contribution in [3.05, 3.63) is 48.3 Å². The van der Waals surface area contributed by atoms with Gasteiger partial charge in [0.2, 0.25) is 0 Å². The van der Waals surface area contributed by atoms with Gasteiger partial charge in [-0.3, -0.25) is 9.78 Å². The minimum absolute atomic E-state index is 0.124. The first kappa shape index (κ1) is 17.3. The fourth-order valence-electron chi connectivity index (χ4n) is 3.00. The van der Waals surface area contributed by atoms with Crippen LogP contribution in [-0.2, 0) is 0 Å². The van der Waals surface area contributed by atoms with Gasteiger partial charge in [0, 0.05) is 42.9 Å². The first-order chi connectivity index (χ1) is 12.3. The van der Waals surface area contributed by atoms with E-state index in [2.05, 4.69) is 51.7 Å². The summed E-state index contributed by atoms with van der Waals surface area (Å²) >= 11 is 0. The van der Waals surface area contributed by atoms with Crippen molar-refractivity contribution in [3.8, 4) is 0 Å². The number of rotatable bonds is 7. The summed E-state index contributed by atoms with van der Waals surface area (Å²) in [6.07, 6.45) is 6.26. The molecule has 0 spiro atoms. The van der Waals surface area contributed by atoms with E-state index in [1.54, 1.807) is 12.3 Å².